The zero-order chi connectivity index (χ0) is 32.9. The van der Waals surface area contributed by atoms with Crippen LogP contribution in [0.25, 0.3) is 21.7 Å². The molecule has 0 aliphatic carbocycles. The molecule has 2 N–H and O–H groups in total. The number of imide groups is 1. The summed E-state index contributed by atoms with van der Waals surface area (Å²) in [5.74, 6) is 5.55. The number of carbonyl (C=O) groups is 3. The Bertz CT molecular complexity index is 2200. The fourth-order valence-electron chi connectivity index (χ4n) is 6.23. The quantitative estimate of drug-likeness (QED) is 0.221. The number of rotatable bonds is 5. The molecule has 0 spiro atoms. The second kappa shape index (κ2) is 11.5. The largest absolute Gasteiger partial charge is 0.369 e. The van der Waals surface area contributed by atoms with Gasteiger partial charge in [0, 0.05) is 60.3 Å². The molecule has 2 fully saturated rings. The number of anilines is 2. The Morgan fingerprint density at radius 1 is 1.06 bits per heavy atom. The van der Waals surface area contributed by atoms with Crippen LogP contribution in [-0.4, -0.2) is 50.4 Å². The van der Waals surface area contributed by atoms with Crippen molar-refractivity contribution in [3.63, 3.8) is 0 Å². The molecule has 2 aliphatic rings. The number of amides is 3. The lowest BCUT2D eigenvalue weighted by Crippen LogP contribution is -2.46. The number of benzene rings is 3. The minimum absolute atomic E-state index is 0.181. The van der Waals surface area contributed by atoms with Gasteiger partial charge in [-0.15, -0.1) is 0 Å². The van der Waals surface area contributed by atoms with Crippen molar-refractivity contribution in [3.8, 4) is 17.9 Å². The van der Waals surface area contributed by atoms with Crippen molar-refractivity contribution in [1.29, 1.82) is 5.26 Å². The third kappa shape index (κ3) is 5.36. The Balaban J connectivity index is 1.00. The number of piperidine rings is 1. The molecule has 2 aromatic heterocycles. The van der Waals surface area contributed by atoms with Crippen molar-refractivity contribution in [2.75, 3.05) is 23.3 Å². The highest BCUT2D eigenvalue weighted by atomic mass is 16.2. The van der Waals surface area contributed by atoms with Crippen molar-refractivity contribution in [1.82, 2.24) is 24.9 Å². The summed E-state index contributed by atoms with van der Waals surface area (Å²) in [4.78, 5) is 39.7. The molecule has 47 heavy (non-hydrogen) atoms. The van der Waals surface area contributed by atoms with Crippen LogP contribution in [0.15, 0.2) is 67.0 Å². The van der Waals surface area contributed by atoms with E-state index in [9.17, 15) is 19.6 Å². The van der Waals surface area contributed by atoms with E-state index in [1.165, 1.54) is 0 Å². The van der Waals surface area contributed by atoms with E-state index in [1.807, 2.05) is 43.4 Å². The zero-order valence-electron chi connectivity index (χ0n) is 26.2. The van der Waals surface area contributed by atoms with E-state index in [0.29, 0.717) is 29.8 Å². The first-order chi connectivity index (χ1) is 22.6. The molecule has 0 saturated carbocycles. The number of hydrogen-bond donors (Lipinski definition) is 2. The van der Waals surface area contributed by atoms with Gasteiger partial charge in [0.05, 0.1) is 46.4 Å². The van der Waals surface area contributed by atoms with Crippen LogP contribution in [0.5, 0.6) is 0 Å². The van der Waals surface area contributed by atoms with Gasteiger partial charge >= 0.3 is 0 Å². The monoisotopic (exact) mass is 624 g/mol. The Hall–Kier alpha value is -5.94. The van der Waals surface area contributed by atoms with E-state index in [0.717, 1.165) is 46.0 Å². The summed E-state index contributed by atoms with van der Waals surface area (Å²) < 4.78 is 3.42. The van der Waals surface area contributed by atoms with Crippen LogP contribution in [-0.2, 0) is 27.0 Å². The van der Waals surface area contributed by atoms with E-state index < -0.39 is 11.5 Å². The highest BCUT2D eigenvalue weighted by molar-refractivity contribution is 6.06. The third-order valence-electron chi connectivity index (χ3n) is 9.10. The Morgan fingerprint density at radius 2 is 1.85 bits per heavy atom. The van der Waals surface area contributed by atoms with Gasteiger partial charge in [-0.25, -0.2) is 0 Å². The first kappa shape index (κ1) is 29.8. The van der Waals surface area contributed by atoms with Crippen molar-refractivity contribution in [2.24, 2.45) is 13.0 Å². The van der Waals surface area contributed by atoms with E-state index in [2.05, 4.69) is 49.7 Å². The number of hydrogen-bond acceptors (Lipinski definition) is 7. The van der Waals surface area contributed by atoms with Crippen LogP contribution in [0.2, 0.25) is 0 Å². The molecule has 1 atom stereocenters. The molecule has 2 aliphatic heterocycles. The summed E-state index contributed by atoms with van der Waals surface area (Å²) in [7, 11) is 1.87. The topological polar surface area (TPSA) is 138 Å². The molecule has 3 amide bonds. The normalized spacial score (nSPS) is 16.7. The summed E-state index contributed by atoms with van der Waals surface area (Å²) in [6, 6.07) is 19.3. The number of nitriles is 1. The molecule has 4 heterocycles. The van der Waals surface area contributed by atoms with E-state index in [-0.39, 0.29) is 23.6 Å². The van der Waals surface area contributed by atoms with Gasteiger partial charge < -0.3 is 10.2 Å². The van der Waals surface area contributed by atoms with Crippen molar-refractivity contribution in [3.05, 3.63) is 83.8 Å². The summed E-state index contributed by atoms with van der Waals surface area (Å²) in [6.07, 6.45) is 4.24. The van der Waals surface area contributed by atoms with Crippen molar-refractivity contribution >= 4 is 50.8 Å². The second-order valence-electron chi connectivity index (χ2n) is 12.6. The fourth-order valence-corrected chi connectivity index (χ4v) is 6.23. The summed E-state index contributed by atoms with van der Waals surface area (Å²) >= 11 is 0. The van der Waals surface area contributed by atoms with Gasteiger partial charge in [-0.3, -0.25) is 29.1 Å². The SMILES string of the molecule is Cn1nc(C2CCC(=O)NC2=O)c2ccc(N3CC(C#Cc4cnn(C(C)(C)C(=O)Nc5ccc(C#N)c6ccccc56)c4)C3)cc21. The summed E-state index contributed by atoms with van der Waals surface area (Å²) in [6.45, 7) is 5.15. The summed E-state index contributed by atoms with van der Waals surface area (Å²) in [5, 5.41) is 26.5. The first-order valence-corrected chi connectivity index (χ1v) is 15.5. The predicted octanol–water partition coefficient (Wildman–Crippen LogP) is 4.18. The van der Waals surface area contributed by atoms with E-state index in [4.69, 9.17) is 0 Å². The van der Waals surface area contributed by atoms with Gasteiger partial charge in [-0.1, -0.05) is 36.1 Å². The van der Waals surface area contributed by atoms with Crippen molar-refractivity contribution < 1.29 is 14.4 Å². The number of nitrogens with zero attached hydrogens (tertiary/aromatic N) is 6. The zero-order valence-corrected chi connectivity index (χ0v) is 26.2. The van der Waals surface area contributed by atoms with Gasteiger partial charge in [0.25, 0.3) is 5.91 Å². The number of aryl methyl sites for hydroxylation is 1. The Labute approximate surface area is 271 Å². The molecule has 3 aromatic carbocycles. The Kier molecular flexibility index (Phi) is 7.25. The molecule has 0 radical (unpaired) electrons. The lowest BCUT2D eigenvalue weighted by molar-refractivity contribution is -0.134. The van der Waals surface area contributed by atoms with Crippen LogP contribution < -0.4 is 15.5 Å². The second-order valence-corrected chi connectivity index (χ2v) is 12.6. The number of carbonyl (C=O) groups excluding carboxylic acids is 3. The molecule has 11 heteroatoms. The van der Waals surface area contributed by atoms with Crippen LogP contribution in [0.1, 0.15) is 49.4 Å². The highest BCUT2D eigenvalue weighted by Crippen LogP contribution is 2.34. The Morgan fingerprint density at radius 3 is 2.62 bits per heavy atom. The maximum atomic E-state index is 13.4. The van der Waals surface area contributed by atoms with Crippen LogP contribution in [0, 0.1) is 29.1 Å². The van der Waals surface area contributed by atoms with Crippen LogP contribution in [0.3, 0.4) is 0 Å². The van der Waals surface area contributed by atoms with Crippen LogP contribution >= 0.6 is 0 Å². The van der Waals surface area contributed by atoms with Gasteiger partial charge in [-0.05, 0) is 50.6 Å². The summed E-state index contributed by atoms with van der Waals surface area (Å²) in [5.41, 5.74) is 3.62. The molecule has 2 saturated heterocycles. The molecular weight excluding hydrogens is 592 g/mol. The third-order valence-corrected chi connectivity index (χ3v) is 9.10. The number of nitrogens with one attached hydrogen (secondary N) is 2. The number of aromatic nitrogens is 4. The van der Waals surface area contributed by atoms with Gasteiger partial charge in [0.2, 0.25) is 11.8 Å². The average molecular weight is 625 g/mol. The van der Waals surface area contributed by atoms with E-state index >= 15 is 0 Å². The molecule has 234 valence electrons. The molecule has 11 nitrogen and oxygen atoms in total. The van der Waals surface area contributed by atoms with Gasteiger partial charge in [-0.2, -0.15) is 15.5 Å². The molecule has 5 aromatic rings. The average Bonchev–Trinajstić information content (AvgIpc) is 3.65. The smallest absolute Gasteiger partial charge is 0.251 e. The molecule has 7 rings (SSSR count). The fraction of sp³-hybridized carbons (Fsp3) is 0.278. The lowest BCUT2D eigenvalue weighted by atomic mass is 9.92. The maximum absolute atomic E-state index is 13.4. The standard InChI is InChI=1S/C36H32N8O3/c1-36(2,35(47)39-30-14-10-24(17-37)26-6-4-5-7-27(26)30)44-21-22(18-38-44)8-9-23-19-43(20-23)25-11-12-28-31(16-25)42(3)41-33(28)29-13-15-32(45)40-34(29)46/h4-7,10-12,14,16,18,21,23,29H,13,15,19-20H2,1-3H3,(H,39,47)(H,40,45,46). The maximum Gasteiger partial charge on any atom is 0.251 e. The molecular formula is C36H32N8O3. The van der Waals surface area contributed by atoms with Gasteiger partial charge in [0.1, 0.15) is 5.54 Å². The van der Waals surface area contributed by atoms with Crippen molar-refractivity contribution in [2.45, 2.75) is 38.1 Å². The molecule has 1 unspecified atom stereocenters. The minimum Gasteiger partial charge on any atom is -0.369 e. The minimum atomic E-state index is -0.995. The van der Waals surface area contributed by atoms with Gasteiger partial charge in [0.15, 0.2) is 0 Å². The highest BCUT2D eigenvalue weighted by Gasteiger charge is 2.33. The number of fused-ring (bicyclic) bond motifs is 2. The lowest BCUT2D eigenvalue weighted by Gasteiger charge is -2.38. The van der Waals surface area contributed by atoms with E-state index in [1.54, 1.807) is 47.7 Å². The predicted molar refractivity (Wildman–Crippen MR) is 177 cm³/mol. The first-order valence-electron chi connectivity index (χ1n) is 15.5. The van der Waals surface area contributed by atoms with Crippen LogP contribution in [0.4, 0.5) is 11.4 Å². The molecule has 0 bridgehead atoms.